The Morgan fingerprint density at radius 2 is 1.96 bits per heavy atom. The van der Waals surface area contributed by atoms with Crippen LogP contribution in [-0.2, 0) is 16.9 Å². The molecular formula is C19H20N4O2. The summed E-state index contributed by atoms with van der Waals surface area (Å²) in [6.07, 6.45) is 5.75. The highest BCUT2D eigenvalue weighted by molar-refractivity contribution is 5.68. The molecule has 1 aliphatic rings. The number of ether oxygens (including phenoxy) is 1. The summed E-state index contributed by atoms with van der Waals surface area (Å²) < 4.78 is 5.38. The first kappa shape index (κ1) is 16.9. The number of benzene rings is 1. The fourth-order valence-corrected chi connectivity index (χ4v) is 3.23. The summed E-state index contributed by atoms with van der Waals surface area (Å²) in [6.45, 7) is 0.218. The van der Waals surface area contributed by atoms with Crippen LogP contribution in [0.4, 0.5) is 4.79 Å². The molecule has 0 unspecified atom stereocenters. The summed E-state index contributed by atoms with van der Waals surface area (Å²) >= 11 is 0. The minimum absolute atomic E-state index is 0.113. The van der Waals surface area contributed by atoms with Crippen LogP contribution in [-0.4, -0.2) is 16.1 Å². The molecule has 0 spiro atoms. The molecule has 1 saturated carbocycles. The molecule has 0 saturated heterocycles. The van der Waals surface area contributed by atoms with E-state index in [9.17, 15) is 4.79 Å². The van der Waals surface area contributed by atoms with E-state index in [1.165, 1.54) is 0 Å². The number of aromatic nitrogens is 2. The van der Waals surface area contributed by atoms with Crippen LogP contribution in [0.2, 0.25) is 0 Å². The summed E-state index contributed by atoms with van der Waals surface area (Å²) in [6, 6.07) is 13.3. The molecule has 25 heavy (non-hydrogen) atoms. The topological polar surface area (TPSA) is 87.9 Å². The van der Waals surface area contributed by atoms with E-state index in [-0.39, 0.29) is 12.4 Å². The molecule has 128 valence electrons. The van der Waals surface area contributed by atoms with E-state index in [0.717, 1.165) is 37.7 Å². The number of nitriles is 1. The van der Waals surface area contributed by atoms with Crippen LogP contribution < -0.4 is 5.32 Å². The van der Waals surface area contributed by atoms with Crippen molar-refractivity contribution in [1.82, 2.24) is 15.3 Å². The van der Waals surface area contributed by atoms with Crippen LogP contribution in [0.1, 0.15) is 49.2 Å². The average Bonchev–Trinajstić information content (AvgIpc) is 2.68. The Morgan fingerprint density at radius 1 is 1.20 bits per heavy atom. The van der Waals surface area contributed by atoms with Crippen LogP contribution in [0.5, 0.6) is 0 Å². The molecule has 0 bridgehead atoms. The largest absolute Gasteiger partial charge is 0.445 e. The Bertz CT molecular complexity index is 764. The van der Waals surface area contributed by atoms with Crippen molar-refractivity contribution in [2.24, 2.45) is 0 Å². The smallest absolute Gasteiger partial charge is 0.408 e. The molecule has 1 N–H and O–H groups in total. The van der Waals surface area contributed by atoms with Crippen LogP contribution in [0.3, 0.4) is 0 Å². The van der Waals surface area contributed by atoms with Crippen LogP contribution in [0.25, 0.3) is 0 Å². The lowest BCUT2D eigenvalue weighted by molar-refractivity contribution is 0.116. The number of alkyl carbamates (subject to hydrolysis) is 1. The third kappa shape index (κ3) is 4.13. The van der Waals surface area contributed by atoms with E-state index in [1.807, 2.05) is 36.4 Å². The summed E-state index contributed by atoms with van der Waals surface area (Å²) in [4.78, 5) is 20.6. The second kappa shape index (κ2) is 7.75. The average molecular weight is 336 g/mol. The van der Waals surface area contributed by atoms with E-state index in [2.05, 4.69) is 15.3 Å². The number of nitrogens with one attached hydrogen (secondary N) is 1. The maximum Gasteiger partial charge on any atom is 0.408 e. The fraction of sp³-hybridized carbons (Fsp3) is 0.368. The van der Waals surface area contributed by atoms with Gasteiger partial charge in [0.15, 0.2) is 0 Å². The Hall–Kier alpha value is -2.94. The molecule has 1 amide bonds. The number of hydrogen-bond donors (Lipinski definition) is 1. The number of carbonyl (C=O) groups is 1. The predicted octanol–water partition coefficient (Wildman–Crippen LogP) is 3.43. The quantitative estimate of drug-likeness (QED) is 0.924. The second-order valence-electron chi connectivity index (χ2n) is 6.21. The van der Waals surface area contributed by atoms with Gasteiger partial charge < -0.3 is 10.1 Å². The minimum Gasteiger partial charge on any atom is -0.445 e. The van der Waals surface area contributed by atoms with Crippen LogP contribution >= 0.6 is 0 Å². The van der Waals surface area contributed by atoms with E-state index in [1.54, 1.807) is 12.3 Å². The number of nitrogens with zero attached hydrogens (tertiary/aromatic N) is 3. The molecule has 0 aliphatic heterocycles. The van der Waals surface area contributed by atoms with Gasteiger partial charge in [0.25, 0.3) is 0 Å². The van der Waals surface area contributed by atoms with Crippen molar-refractivity contribution in [2.75, 3.05) is 0 Å². The monoisotopic (exact) mass is 336 g/mol. The van der Waals surface area contributed by atoms with Gasteiger partial charge in [0.05, 0.1) is 11.2 Å². The third-order valence-corrected chi connectivity index (χ3v) is 4.51. The fourth-order valence-electron chi connectivity index (χ4n) is 3.23. The van der Waals surface area contributed by atoms with Gasteiger partial charge in [-0.05, 0) is 24.5 Å². The van der Waals surface area contributed by atoms with Gasteiger partial charge in [0, 0.05) is 6.20 Å². The third-order valence-electron chi connectivity index (χ3n) is 4.51. The maximum atomic E-state index is 12.4. The van der Waals surface area contributed by atoms with Gasteiger partial charge in [0.2, 0.25) is 5.82 Å². The van der Waals surface area contributed by atoms with E-state index < -0.39 is 11.6 Å². The Kier molecular flexibility index (Phi) is 5.24. The van der Waals surface area contributed by atoms with Gasteiger partial charge in [-0.3, -0.25) is 0 Å². The van der Waals surface area contributed by atoms with Gasteiger partial charge in [-0.15, -0.1) is 0 Å². The minimum atomic E-state index is -0.597. The molecule has 1 aromatic heterocycles. The number of hydrogen-bond acceptors (Lipinski definition) is 5. The van der Waals surface area contributed by atoms with Crippen molar-refractivity contribution < 1.29 is 9.53 Å². The summed E-state index contributed by atoms with van der Waals surface area (Å²) in [5.74, 6) is 0.113. The lowest BCUT2D eigenvalue weighted by atomic mass is 9.79. The van der Waals surface area contributed by atoms with E-state index >= 15 is 0 Å². The summed E-state index contributed by atoms with van der Waals surface area (Å²) in [5, 5.41) is 12.1. The van der Waals surface area contributed by atoms with Gasteiger partial charge >= 0.3 is 6.09 Å². The number of carbonyl (C=O) groups excluding carboxylic acids is 1. The lowest BCUT2D eigenvalue weighted by Crippen LogP contribution is -2.48. The van der Waals surface area contributed by atoms with Gasteiger partial charge in [0.1, 0.15) is 12.7 Å². The van der Waals surface area contributed by atoms with Crippen molar-refractivity contribution >= 4 is 6.09 Å². The highest BCUT2D eigenvalue weighted by Crippen LogP contribution is 2.36. The van der Waals surface area contributed by atoms with E-state index in [4.69, 9.17) is 10.00 Å². The Labute approximate surface area is 146 Å². The molecule has 2 aromatic rings. The number of amides is 1. The predicted molar refractivity (Wildman–Crippen MR) is 91.3 cm³/mol. The van der Waals surface area contributed by atoms with Gasteiger partial charge in [-0.1, -0.05) is 49.6 Å². The van der Waals surface area contributed by atoms with Crippen molar-refractivity contribution in [2.45, 2.75) is 44.2 Å². The molecule has 6 heteroatoms. The first-order valence-electron chi connectivity index (χ1n) is 8.44. The van der Waals surface area contributed by atoms with Crippen molar-refractivity contribution in [3.8, 4) is 6.07 Å². The highest BCUT2D eigenvalue weighted by atomic mass is 16.5. The Balaban J connectivity index is 1.74. The van der Waals surface area contributed by atoms with Gasteiger partial charge in [-0.25, -0.2) is 14.8 Å². The van der Waals surface area contributed by atoms with Crippen molar-refractivity contribution in [3.63, 3.8) is 0 Å². The zero-order chi connectivity index (χ0) is 17.5. The van der Waals surface area contributed by atoms with Crippen molar-refractivity contribution in [1.29, 1.82) is 5.26 Å². The molecule has 1 heterocycles. The summed E-state index contributed by atoms with van der Waals surface area (Å²) in [7, 11) is 0. The SMILES string of the molecule is N#Cc1nccc(C2(NC(=O)OCc3ccccc3)CCCCC2)n1. The normalized spacial score (nSPS) is 15.8. The standard InChI is InChI=1S/C19H20N4O2/c20-13-17-21-12-9-16(22-17)19(10-5-2-6-11-19)23-18(24)25-14-15-7-3-1-4-8-15/h1,3-4,7-9,12H,2,5-6,10-11,14H2,(H,23,24). The highest BCUT2D eigenvalue weighted by Gasteiger charge is 2.37. The maximum absolute atomic E-state index is 12.4. The lowest BCUT2D eigenvalue weighted by Gasteiger charge is -2.37. The Morgan fingerprint density at radius 3 is 2.68 bits per heavy atom. The summed E-state index contributed by atoms with van der Waals surface area (Å²) in [5.41, 5.74) is 1.01. The molecule has 1 aromatic carbocycles. The number of rotatable bonds is 4. The zero-order valence-electron chi connectivity index (χ0n) is 13.9. The van der Waals surface area contributed by atoms with Gasteiger partial charge in [-0.2, -0.15) is 5.26 Å². The molecule has 6 nitrogen and oxygen atoms in total. The zero-order valence-corrected chi connectivity index (χ0v) is 13.9. The molecule has 1 aliphatic carbocycles. The van der Waals surface area contributed by atoms with Crippen LogP contribution in [0, 0.1) is 11.3 Å². The molecule has 0 radical (unpaired) electrons. The second-order valence-corrected chi connectivity index (χ2v) is 6.21. The molecular weight excluding hydrogens is 316 g/mol. The van der Waals surface area contributed by atoms with Crippen molar-refractivity contribution in [3.05, 3.63) is 59.7 Å². The molecule has 1 fully saturated rings. The first-order valence-corrected chi connectivity index (χ1v) is 8.44. The molecule has 3 rings (SSSR count). The first-order chi connectivity index (χ1) is 12.2. The van der Waals surface area contributed by atoms with E-state index in [0.29, 0.717) is 5.69 Å². The van der Waals surface area contributed by atoms with Crippen LogP contribution in [0.15, 0.2) is 42.6 Å². The molecule has 0 atom stereocenters.